The van der Waals surface area contributed by atoms with Crippen LogP contribution in [0.5, 0.6) is 11.5 Å². The summed E-state index contributed by atoms with van der Waals surface area (Å²) in [6, 6.07) is 6.60. The number of aromatic amines is 1. The number of aliphatic hydroxyl groups is 3. The number of methoxy groups -OCH3 is 1. The zero-order chi connectivity index (χ0) is 22.4. The second kappa shape index (κ2) is 15.6. The fraction of sp³-hybridized carbons (Fsp3) is 0.450. The molecule has 2 aromatic rings. The Morgan fingerprint density at radius 3 is 2.26 bits per heavy atom. The van der Waals surface area contributed by atoms with Gasteiger partial charge in [0, 0.05) is 30.7 Å². The smallest absolute Gasteiger partial charge is 0.252 e. The summed E-state index contributed by atoms with van der Waals surface area (Å²) in [5.74, 6) is 1.03. The van der Waals surface area contributed by atoms with E-state index in [4.69, 9.17) is 24.4 Å². The summed E-state index contributed by atoms with van der Waals surface area (Å²) in [4.78, 5) is 14.3. The van der Waals surface area contributed by atoms with E-state index in [9.17, 15) is 9.90 Å². The summed E-state index contributed by atoms with van der Waals surface area (Å²) in [7, 11) is 7.82. The molecule has 0 aliphatic heterocycles. The van der Waals surface area contributed by atoms with Crippen LogP contribution in [0.2, 0.25) is 0 Å². The molecule has 31 heavy (non-hydrogen) atoms. The topological polar surface area (TPSA) is 140 Å². The van der Waals surface area contributed by atoms with Gasteiger partial charge < -0.3 is 44.0 Å². The molecule has 0 saturated carbocycles. The van der Waals surface area contributed by atoms with E-state index in [1.807, 2.05) is 0 Å². The maximum atomic E-state index is 11.6. The number of hydrogen-bond donors (Lipinski definition) is 4. The molecule has 2 unspecified atom stereocenters. The molecule has 11 heteroatoms. The molecule has 1 heterocycles. The van der Waals surface area contributed by atoms with E-state index in [1.54, 1.807) is 25.3 Å². The Morgan fingerprint density at radius 1 is 1.03 bits per heavy atom. The van der Waals surface area contributed by atoms with Crippen molar-refractivity contribution in [3.8, 4) is 11.5 Å². The van der Waals surface area contributed by atoms with Crippen molar-refractivity contribution in [3.63, 3.8) is 0 Å². The van der Waals surface area contributed by atoms with Gasteiger partial charge in [-0.15, -0.1) is 0 Å². The van der Waals surface area contributed by atoms with Crippen LogP contribution in [-0.4, -0.2) is 79.3 Å². The fourth-order valence-corrected chi connectivity index (χ4v) is 2.29. The van der Waals surface area contributed by atoms with Gasteiger partial charge in [-0.25, -0.2) is 14.2 Å². The predicted molar refractivity (Wildman–Crippen MR) is 109 cm³/mol. The first-order valence-corrected chi connectivity index (χ1v) is 9.07. The number of fused-ring (bicyclic) bond motifs is 1. The number of ether oxygens (including phenoxy) is 5. The SMILES string of the molecule is [CH2-]OCC(O)COCCO.[CH2-]OCC(O)COc1cc(=O)[nH]c2cc(OC)ccc12.[Rf]. The van der Waals surface area contributed by atoms with E-state index in [1.165, 1.54) is 6.07 Å². The third-order valence-corrected chi connectivity index (χ3v) is 3.61. The largest absolute Gasteiger partial charge is 0.553 e. The number of rotatable bonds is 12. The number of aromatic nitrogens is 1. The monoisotopic (exact) mass is 694 g/mol. The van der Waals surface area contributed by atoms with Crippen LogP contribution >= 0.6 is 0 Å². The second-order valence-electron chi connectivity index (χ2n) is 6.07. The van der Waals surface area contributed by atoms with E-state index in [0.717, 1.165) is 5.39 Å². The van der Waals surface area contributed by atoms with Gasteiger partial charge in [0.05, 0.1) is 38.6 Å². The third-order valence-electron chi connectivity index (χ3n) is 3.61. The minimum atomic E-state index is -0.805. The van der Waals surface area contributed by atoms with Gasteiger partial charge in [0.25, 0.3) is 5.56 Å². The molecule has 0 radical (unpaired) electrons. The van der Waals surface area contributed by atoms with Crippen LogP contribution in [0.15, 0.2) is 29.1 Å². The quantitative estimate of drug-likeness (QED) is 0.182. The van der Waals surface area contributed by atoms with Crippen LogP contribution < -0.4 is 15.0 Å². The Morgan fingerprint density at radius 2 is 1.68 bits per heavy atom. The summed E-state index contributed by atoms with van der Waals surface area (Å²) >= 11 is 0. The summed E-state index contributed by atoms with van der Waals surface area (Å²) in [5.41, 5.74) is 0.318. The Bertz CT molecular complexity index is 787. The van der Waals surface area contributed by atoms with Gasteiger partial charge in [-0.3, -0.25) is 4.79 Å². The number of benzene rings is 1. The Balaban J connectivity index is 0.000000701. The predicted octanol–water partition coefficient (Wildman–Crippen LogP) is 0.249. The molecular weight excluding hydrogens is 665 g/mol. The average molecular weight is 694 g/mol. The van der Waals surface area contributed by atoms with Gasteiger partial charge in [-0.2, -0.15) is 0 Å². The van der Waals surface area contributed by atoms with Crippen LogP contribution in [0, 0.1) is 14.2 Å². The van der Waals surface area contributed by atoms with Crippen LogP contribution in [0.25, 0.3) is 10.9 Å². The summed E-state index contributed by atoms with van der Waals surface area (Å²) in [6.45, 7) is 0.628. The molecule has 0 amide bonds. The molecule has 0 fully saturated rings. The maximum absolute atomic E-state index is 11.6. The standard InChI is InChI=1S/C14H16NO5.C6H13O4.Rf/c1-18-7-9(16)8-20-13-6-14(17)15-12-5-10(19-2)3-4-11(12)13;1-9-4-6(8)5-10-3-2-7;/h3-6,9,16H,1,7-8H2,2H3,(H,15,17);6-8H,1-5H2;/q2*-1;. The van der Waals surface area contributed by atoms with Gasteiger partial charge in [-0.1, -0.05) is 0 Å². The summed E-state index contributed by atoms with van der Waals surface area (Å²) in [5, 5.41) is 27.4. The Kier molecular flexibility index (Phi) is 14.0. The van der Waals surface area contributed by atoms with E-state index in [2.05, 4.69) is 28.7 Å². The van der Waals surface area contributed by atoms with Crippen LogP contribution in [-0.2, 0) is 14.2 Å². The first kappa shape index (κ1) is 27.8. The number of aliphatic hydroxyl groups excluding tert-OH is 3. The van der Waals surface area contributed by atoms with E-state index in [-0.39, 0.29) is 45.2 Å². The summed E-state index contributed by atoms with van der Waals surface area (Å²) in [6.07, 6.45) is -1.45. The van der Waals surface area contributed by atoms with Crippen LogP contribution in [0.3, 0.4) is 0 Å². The molecule has 4 N–H and O–H groups in total. The Hall–Kier alpha value is -3.21. The van der Waals surface area contributed by atoms with Crippen molar-refractivity contribution in [2.24, 2.45) is 0 Å². The average Bonchev–Trinajstić information content (AvgIpc) is 2.72. The molecule has 0 aliphatic carbocycles. The zero-order valence-corrected chi connectivity index (χ0v) is 24.0. The van der Waals surface area contributed by atoms with Crippen molar-refractivity contribution in [1.82, 2.24) is 4.98 Å². The normalized spacial score (nSPS) is 12.3. The molecule has 0 bridgehead atoms. The van der Waals surface area contributed by atoms with Crippen LogP contribution in [0.4, 0.5) is 0 Å². The van der Waals surface area contributed by atoms with Crippen molar-refractivity contribution in [2.45, 2.75) is 12.2 Å². The minimum Gasteiger partial charge on any atom is -0.553 e. The number of H-pyrrole nitrogens is 1. The first-order valence-electron chi connectivity index (χ1n) is 9.07. The first-order chi connectivity index (χ1) is 14.4. The minimum absolute atomic E-state index is 0. The molecule has 1 aromatic carbocycles. The van der Waals surface area contributed by atoms with Crippen molar-refractivity contribution in [3.05, 3.63) is 48.8 Å². The van der Waals surface area contributed by atoms with Gasteiger partial charge in [-0.05, 0) is 12.1 Å². The fourth-order valence-electron chi connectivity index (χ4n) is 2.29. The molecule has 0 spiro atoms. The maximum Gasteiger partial charge on any atom is 0.252 e. The zero-order valence-electron chi connectivity index (χ0n) is 17.6. The van der Waals surface area contributed by atoms with E-state index < -0.39 is 12.2 Å². The summed E-state index contributed by atoms with van der Waals surface area (Å²) < 4.78 is 24.3. The molecular formula is C20H29NO9Rf-2. The molecule has 0 saturated heterocycles. The number of nitrogens with one attached hydrogen (secondary N) is 1. The molecule has 10 nitrogen and oxygen atoms in total. The number of pyridine rings is 1. The van der Waals surface area contributed by atoms with Gasteiger partial charge >= 0.3 is 0 Å². The van der Waals surface area contributed by atoms with E-state index >= 15 is 0 Å². The van der Waals surface area contributed by atoms with Crippen molar-refractivity contribution in [2.75, 3.05) is 46.8 Å². The molecule has 2 rings (SSSR count). The van der Waals surface area contributed by atoms with Crippen molar-refractivity contribution >= 4 is 10.9 Å². The van der Waals surface area contributed by atoms with Crippen LogP contribution in [0.1, 0.15) is 0 Å². The Labute approximate surface area is 174 Å². The molecule has 2 atom stereocenters. The number of hydrogen-bond acceptors (Lipinski definition) is 9. The molecule has 172 valence electrons. The van der Waals surface area contributed by atoms with E-state index in [0.29, 0.717) is 17.0 Å². The molecule has 1 aromatic heterocycles. The van der Waals surface area contributed by atoms with Gasteiger partial charge in [0.2, 0.25) is 0 Å². The second-order valence-corrected chi connectivity index (χ2v) is 6.07. The van der Waals surface area contributed by atoms with Crippen molar-refractivity contribution < 1.29 is 39.0 Å². The molecule has 0 aliphatic rings. The van der Waals surface area contributed by atoms with Gasteiger partial charge in [0.1, 0.15) is 24.2 Å². The van der Waals surface area contributed by atoms with Gasteiger partial charge in [0.15, 0.2) is 0 Å². The van der Waals surface area contributed by atoms with Crippen molar-refractivity contribution in [1.29, 1.82) is 0 Å². The third kappa shape index (κ3) is 10.4.